The van der Waals surface area contributed by atoms with Crippen LogP contribution in [0.4, 0.5) is 5.82 Å². The SMILES string of the molecule is Cc1ccnc(NCCNC(=O)c2ccc([C@H]3CCCO3)s2)c1. The highest BCUT2D eigenvalue weighted by molar-refractivity contribution is 7.14. The minimum Gasteiger partial charge on any atom is -0.373 e. The molecule has 2 N–H and O–H groups in total. The van der Waals surface area contributed by atoms with Crippen LogP contribution < -0.4 is 10.6 Å². The molecule has 0 saturated carbocycles. The van der Waals surface area contributed by atoms with E-state index in [4.69, 9.17) is 4.74 Å². The van der Waals surface area contributed by atoms with Gasteiger partial charge in [-0.15, -0.1) is 11.3 Å². The van der Waals surface area contributed by atoms with Crippen LogP contribution in [-0.2, 0) is 4.74 Å². The van der Waals surface area contributed by atoms with Crippen LogP contribution in [0.5, 0.6) is 0 Å². The molecule has 122 valence electrons. The van der Waals surface area contributed by atoms with E-state index < -0.39 is 0 Å². The molecule has 1 atom stereocenters. The number of amides is 1. The number of hydrogen-bond donors (Lipinski definition) is 2. The van der Waals surface area contributed by atoms with Crippen LogP contribution in [0.25, 0.3) is 0 Å². The topological polar surface area (TPSA) is 63.2 Å². The number of anilines is 1. The zero-order valence-corrected chi connectivity index (χ0v) is 14.0. The van der Waals surface area contributed by atoms with Gasteiger partial charge in [-0.3, -0.25) is 4.79 Å². The molecule has 0 aromatic carbocycles. The van der Waals surface area contributed by atoms with E-state index in [2.05, 4.69) is 15.6 Å². The normalized spacial score (nSPS) is 17.2. The molecule has 3 rings (SSSR count). The fourth-order valence-corrected chi connectivity index (χ4v) is 3.54. The van der Waals surface area contributed by atoms with Crippen LogP contribution in [0.1, 0.15) is 39.1 Å². The molecular formula is C17H21N3O2S. The van der Waals surface area contributed by atoms with E-state index in [1.54, 1.807) is 6.20 Å². The van der Waals surface area contributed by atoms with Crippen LogP contribution in [0, 0.1) is 6.92 Å². The molecule has 0 aliphatic carbocycles. The summed E-state index contributed by atoms with van der Waals surface area (Å²) < 4.78 is 5.65. The predicted octanol–water partition coefficient (Wildman–Crippen LogP) is 3.14. The van der Waals surface area contributed by atoms with Gasteiger partial charge in [-0.05, 0) is 49.6 Å². The molecule has 0 radical (unpaired) electrons. The first kappa shape index (κ1) is 16.0. The highest BCUT2D eigenvalue weighted by atomic mass is 32.1. The maximum atomic E-state index is 12.2. The Kier molecular flexibility index (Phi) is 5.25. The second-order valence-electron chi connectivity index (χ2n) is 5.60. The highest BCUT2D eigenvalue weighted by Crippen LogP contribution is 2.33. The largest absolute Gasteiger partial charge is 0.373 e. The van der Waals surface area contributed by atoms with Gasteiger partial charge in [0.2, 0.25) is 0 Å². The third kappa shape index (κ3) is 4.30. The molecule has 23 heavy (non-hydrogen) atoms. The number of ether oxygens (including phenoxy) is 1. The predicted molar refractivity (Wildman–Crippen MR) is 92.0 cm³/mol. The Bertz CT molecular complexity index is 665. The summed E-state index contributed by atoms with van der Waals surface area (Å²) in [5, 5.41) is 6.13. The lowest BCUT2D eigenvalue weighted by atomic mass is 10.2. The standard InChI is InChI=1S/C17H21N3O2S/c1-12-6-7-18-16(11-12)19-8-9-20-17(21)15-5-4-14(23-15)13-3-2-10-22-13/h4-7,11,13H,2-3,8-10H2,1H3,(H,18,19)(H,20,21)/t13-/m1/s1. The van der Waals surface area contributed by atoms with E-state index in [0.717, 1.165) is 40.6 Å². The first-order chi connectivity index (χ1) is 11.2. The fourth-order valence-electron chi connectivity index (χ4n) is 2.54. The van der Waals surface area contributed by atoms with E-state index in [1.807, 2.05) is 31.2 Å². The van der Waals surface area contributed by atoms with Crippen LogP contribution in [0.3, 0.4) is 0 Å². The smallest absolute Gasteiger partial charge is 0.261 e. The van der Waals surface area contributed by atoms with Crippen LogP contribution in [0.2, 0.25) is 0 Å². The number of nitrogens with one attached hydrogen (secondary N) is 2. The lowest BCUT2D eigenvalue weighted by Crippen LogP contribution is -2.28. The number of hydrogen-bond acceptors (Lipinski definition) is 5. The molecule has 1 fully saturated rings. The van der Waals surface area contributed by atoms with Crippen molar-refractivity contribution in [1.29, 1.82) is 0 Å². The number of aryl methyl sites for hydroxylation is 1. The minimum absolute atomic E-state index is 0.0294. The van der Waals surface area contributed by atoms with E-state index in [9.17, 15) is 4.79 Å². The Morgan fingerprint density at radius 3 is 3.09 bits per heavy atom. The molecule has 1 saturated heterocycles. The molecule has 1 aliphatic heterocycles. The van der Waals surface area contributed by atoms with Gasteiger partial charge in [0.15, 0.2) is 0 Å². The summed E-state index contributed by atoms with van der Waals surface area (Å²) in [5.74, 6) is 0.800. The number of thiophene rings is 1. The monoisotopic (exact) mass is 331 g/mol. The average molecular weight is 331 g/mol. The first-order valence-corrected chi connectivity index (χ1v) is 8.70. The quantitative estimate of drug-likeness (QED) is 0.798. The Balaban J connectivity index is 1.44. The van der Waals surface area contributed by atoms with Gasteiger partial charge in [0, 0.05) is 30.8 Å². The van der Waals surface area contributed by atoms with Gasteiger partial charge in [-0.1, -0.05) is 0 Å². The summed E-state index contributed by atoms with van der Waals surface area (Å²) in [6, 6.07) is 7.82. The third-order valence-corrected chi connectivity index (χ3v) is 4.91. The molecule has 2 aromatic rings. The zero-order valence-electron chi connectivity index (χ0n) is 13.2. The van der Waals surface area contributed by atoms with E-state index in [0.29, 0.717) is 13.1 Å². The number of carbonyl (C=O) groups excluding carboxylic acids is 1. The summed E-state index contributed by atoms with van der Waals surface area (Å²) >= 11 is 1.52. The van der Waals surface area contributed by atoms with Crippen molar-refractivity contribution < 1.29 is 9.53 Å². The molecule has 5 nitrogen and oxygen atoms in total. The molecule has 1 aliphatic rings. The third-order valence-electron chi connectivity index (χ3n) is 3.73. The van der Waals surface area contributed by atoms with Gasteiger partial charge >= 0.3 is 0 Å². The average Bonchev–Trinajstić information content (AvgIpc) is 3.21. The molecule has 0 unspecified atom stereocenters. The summed E-state index contributed by atoms with van der Waals surface area (Å²) in [7, 11) is 0. The molecule has 1 amide bonds. The number of rotatable bonds is 6. The van der Waals surface area contributed by atoms with Gasteiger partial charge in [0.05, 0.1) is 11.0 Å². The number of aromatic nitrogens is 1. The van der Waals surface area contributed by atoms with Crippen molar-refractivity contribution in [3.8, 4) is 0 Å². The van der Waals surface area contributed by atoms with Crippen molar-refractivity contribution in [3.63, 3.8) is 0 Å². The van der Waals surface area contributed by atoms with Crippen molar-refractivity contribution in [3.05, 3.63) is 45.8 Å². The van der Waals surface area contributed by atoms with E-state index in [1.165, 1.54) is 11.3 Å². The second-order valence-corrected chi connectivity index (χ2v) is 6.72. The maximum Gasteiger partial charge on any atom is 0.261 e. The van der Waals surface area contributed by atoms with Crippen molar-refractivity contribution in [2.75, 3.05) is 25.0 Å². The van der Waals surface area contributed by atoms with Crippen molar-refractivity contribution in [1.82, 2.24) is 10.3 Å². The molecule has 2 aromatic heterocycles. The fraction of sp³-hybridized carbons (Fsp3) is 0.412. The zero-order chi connectivity index (χ0) is 16.1. The van der Waals surface area contributed by atoms with Crippen LogP contribution >= 0.6 is 11.3 Å². The number of pyridine rings is 1. The lowest BCUT2D eigenvalue weighted by Gasteiger charge is -2.07. The highest BCUT2D eigenvalue weighted by Gasteiger charge is 2.20. The summed E-state index contributed by atoms with van der Waals surface area (Å²) in [5.41, 5.74) is 1.16. The molecule has 3 heterocycles. The molecule has 0 bridgehead atoms. The molecule has 6 heteroatoms. The lowest BCUT2D eigenvalue weighted by molar-refractivity contribution is 0.0959. The maximum absolute atomic E-state index is 12.2. The first-order valence-electron chi connectivity index (χ1n) is 7.88. The Labute approximate surface area is 140 Å². The Hall–Kier alpha value is -1.92. The van der Waals surface area contributed by atoms with Gasteiger partial charge in [0.25, 0.3) is 5.91 Å². The Morgan fingerprint density at radius 2 is 2.30 bits per heavy atom. The van der Waals surface area contributed by atoms with Crippen molar-refractivity contribution in [2.45, 2.75) is 25.9 Å². The van der Waals surface area contributed by atoms with Gasteiger partial charge in [-0.2, -0.15) is 0 Å². The summed E-state index contributed by atoms with van der Waals surface area (Å²) in [6.07, 6.45) is 4.10. The Morgan fingerprint density at radius 1 is 1.39 bits per heavy atom. The molecular weight excluding hydrogens is 310 g/mol. The van der Waals surface area contributed by atoms with Gasteiger partial charge in [0.1, 0.15) is 5.82 Å². The summed E-state index contributed by atoms with van der Waals surface area (Å²) in [4.78, 5) is 18.3. The van der Waals surface area contributed by atoms with Crippen molar-refractivity contribution in [2.24, 2.45) is 0 Å². The van der Waals surface area contributed by atoms with E-state index in [-0.39, 0.29) is 12.0 Å². The second kappa shape index (κ2) is 7.57. The van der Waals surface area contributed by atoms with E-state index >= 15 is 0 Å². The van der Waals surface area contributed by atoms with Crippen molar-refractivity contribution >= 4 is 23.1 Å². The van der Waals surface area contributed by atoms with Crippen LogP contribution in [0.15, 0.2) is 30.5 Å². The summed E-state index contributed by atoms with van der Waals surface area (Å²) in [6.45, 7) is 4.05. The molecule has 0 spiro atoms. The van der Waals surface area contributed by atoms with Gasteiger partial charge < -0.3 is 15.4 Å². The van der Waals surface area contributed by atoms with Crippen LogP contribution in [-0.4, -0.2) is 30.6 Å². The van der Waals surface area contributed by atoms with Gasteiger partial charge in [-0.25, -0.2) is 4.98 Å². The number of carbonyl (C=O) groups is 1. The minimum atomic E-state index is -0.0294. The number of nitrogens with zero attached hydrogens (tertiary/aromatic N) is 1.